The van der Waals surface area contributed by atoms with Gasteiger partial charge in [-0.05, 0) is 53.9 Å². The molecule has 0 amide bonds. The maximum atomic E-state index is 12.1. The lowest BCUT2D eigenvalue weighted by Crippen LogP contribution is -2.04. The van der Waals surface area contributed by atoms with Crippen LogP contribution in [0, 0.1) is 0 Å². The molecule has 0 fully saturated rings. The third kappa shape index (κ3) is 3.78. The molecule has 0 aliphatic carbocycles. The van der Waals surface area contributed by atoms with Crippen LogP contribution in [0.2, 0.25) is 5.02 Å². The highest BCUT2D eigenvalue weighted by atomic mass is 35.5. The Morgan fingerprint density at radius 2 is 1.89 bits per heavy atom. The fourth-order valence-electron chi connectivity index (χ4n) is 3.28. The molecular weight excluding hydrogens is 372 g/mol. The van der Waals surface area contributed by atoms with E-state index in [2.05, 4.69) is 0 Å². The number of halogens is 1. The fraction of sp³-hybridized carbons (Fsp3) is 0.130. The Hall–Kier alpha value is -3.11. The highest BCUT2D eigenvalue weighted by Gasteiger charge is 2.11. The molecule has 0 spiro atoms. The third-order valence-electron chi connectivity index (χ3n) is 4.52. The molecule has 3 aromatic carbocycles. The van der Waals surface area contributed by atoms with Crippen molar-refractivity contribution in [2.45, 2.75) is 13.5 Å². The molecule has 0 radical (unpaired) electrons. The number of hydrogen-bond donors (Lipinski definition) is 0. The van der Waals surface area contributed by atoms with Crippen molar-refractivity contribution in [2.75, 3.05) is 6.61 Å². The first-order chi connectivity index (χ1) is 13.6. The summed E-state index contributed by atoms with van der Waals surface area (Å²) in [5.74, 6) is -0.312. The number of carbonyl (C=O) groups excluding carboxylic acids is 1. The number of fused-ring (bicyclic) bond motifs is 1. The van der Waals surface area contributed by atoms with Crippen molar-refractivity contribution in [3.05, 3.63) is 89.1 Å². The van der Waals surface area contributed by atoms with Crippen LogP contribution < -0.4 is 0 Å². The van der Waals surface area contributed by atoms with Crippen LogP contribution in [0.3, 0.4) is 0 Å². The summed E-state index contributed by atoms with van der Waals surface area (Å²) in [5.41, 5.74) is 4.52. The predicted octanol–water partition coefficient (Wildman–Crippen LogP) is 5.58. The van der Waals surface area contributed by atoms with E-state index in [1.54, 1.807) is 13.0 Å². The zero-order valence-electron chi connectivity index (χ0n) is 15.4. The molecule has 1 aromatic heterocycles. The highest BCUT2D eigenvalue weighted by Crippen LogP contribution is 2.29. The van der Waals surface area contributed by atoms with E-state index in [0.717, 1.165) is 27.6 Å². The number of hydrogen-bond acceptors (Lipinski definition) is 3. The molecule has 0 atom stereocenters. The number of benzene rings is 3. The van der Waals surface area contributed by atoms with Gasteiger partial charge in [-0.25, -0.2) is 4.79 Å². The Morgan fingerprint density at radius 3 is 2.71 bits per heavy atom. The van der Waals surface area contributed by atoms with Crippen molar-refractivity contribution in [1.82, 2.24) is 9.78 Å². The van der Waals surface area contributed by atoms with Crippen LogP contribution in [0.25, 0.3) is 22.0 Å². The summed E-state index contributed by atoms with van der Waals surface area (Å²) in [6.07, 6.45) is 2.03. The van der Waals surface area contributed by atoms with Crippen LogP contribution in [-0.4, -0.2) is 22.4 Å². The zero-order valence-corrected chi connectivity index (χ0v) is 16.2. The van der Waals surface area contributed by atoms with Gasteiger partial charge in [-0.15, -0.1) is 0 Å². The predicted molar refractivity (Wildman–Crippen MR) is 112 cm³/mol. The molecule has 5 heteroatoms. The van der Waals surface area contributed by atoms with Gasteiger partial charge in [-0.2, -0.15) is 5.10 Å². The number of rotatable bonds is 5. The summed E-state index contributed by atoms with van der Waals surface area (Å²) < 4.78 is 7.03. The Labute approximate surface area is 168 Å². The summed E-state index contributed by atoms with van der Waals surface area (Å²) in [6.45, 7) is 2.79. The lowest BCUT2D eigenvalue weighted by atomic mass is 10.00. The van der Waals surface area contributed by atoms with E-state index in [1.165, 1.54) is 0 Å². The molecule has 4 nitrogen and oxygen atoms in total. The van der Waals surface area contributed by atoms with Gasteiger partial charge in [-0.3, -0.25) is 4.68 Å². The van der Waals surface area contributed by atoms with E-state index in [4.69, 9.17) is 21.4 Å². The minimum atomic E-state index is -0.312. The van der Waals surface area contributed by atoms with Crippen molar-refractivity contribution >= 4 is 28.5 Å². The van der Waals surface area contributed by atoms with Gasteiger partial charge < -0.3 is 4.74 Å². The summed E-state index contributed by atoms with van der Waals surface area (Å²) in [7, 11) is 0. The van der Waals surface area contributed by atoms with Crippen molar-refractivity contribution in [3.8, 4) is 11.1 Å². The summed E-state index contributed by atoms with van der Waals surface area (Å²) in [4.78, 5) is 12.1. The molecule has 4 rings (SSSR count). The number of nitrogens with zero attached hydrogens (tertiary/aromatic N) is 2. The smallest absolute Gasteiger partial charge is 0.338 e. The van der Waals surface area contributed by atoms with Gasteiger partial charge in [0, 0.05) is 16.6 Å². The Kier molecular flexibility index (Phi) is 5.13. The monoisotopic (exact) mass is 390 g/mol. The van der Waals surface area contributed by atoms with E-state index < -0.39 is 0 Å². The van der Waals surface area contributed by atoms with E-state index in [9.17, 15) is 4.79 Å². The SMILES string of the molecule is CCOC(=O)c1cccc(-c2cccc3nn(Cc4cccc(Cl)c4)cc23)c1. The van der Waals surface area contributed by atoms with Gasteiger partial charge in [0.1, 0.15) is 0 Å². The first kappa shape index (κ1) is 18.3. The van der Waals surface area contributed by atoms with Crippen LogP contribution in [0.1, 0.15) is 22.8 Å². The second-order valence-electron chi connectivity index (χ2n) is 6.50. The average molecular weight is 391 g/mol. The molecule has 0 N–H and O–H groups in total. The van der Waals surface area contributed by atoms with Gasteiger partial charge in [0.15, 0.2) is 0 Å². The molecule has 28 heavy (non-hydrogen) atoms. The minimum absolute atomic E-state index is 0.312. The lowest BCUT2D eigenvalue weighted by Gasteiger charge is -2.06. The number of ether oxygens (including phenoxy) is 1. The molecule has 4 aromatic rings. The Bertz CT molecular complexity index is 1150. The van der Waals surface area contributed by atoms with E-state index in [-0.39, 0.29) is 5.97 Å². The maximum Gasteiger partial charge on any atom is 0.338 e. The van der Waals surface area contributed by atoms with Crippen molar-refractivity contribution in [1.29, 1.82) is 0 Å². The summed E-state index contributed by atoms with van der Waals surface area (Å²) in [6, 6.07) is 21.3. The van der Waals surface area contributed by atoms with Gasteiger partial charge in [-0.1, -0.05) is 48.0 Å². The molecule has 0 aliphatic rings. The first-order valence-corrected chi connectivity index (χ1v) is 9.50. The van der Waals surface area contributed by atoms with Crippen molar-refractivity contribution in [2.24, 2.45) is 0 Å². The van der Waals surface area contributed by atoms with Gasteiger partial charge in [0.2, 0.25) is 0 Å². The van der Waals surface area contributed by atoms with Crippen LogP contribution in [-0.2, 0) is 11.3 Å². The quantitative estimate of drug-likeness (QED) is 0.418. The van der Waals surface area contributed by atoms with Crippen molar-refractivity contribution in [3.63, 3.8) is 0 Å². The second-order valence-corrected chi connectivity index (χ2v) is 6.93. The van der Waals surface area contributed by atoms with Crippen LogP contribution in [0.5, 0.6) is 0 Å². The number of carbonyl (C=O) groups is 1. The van der Waals surface area contributed by atoms with Gasteiger partial charge >= 0.3 is 5.97 Å². The lowest BCUT2D eigenvalue weighted by molar-refractivity contribution is 0.0526. The second kappa shape index (κ2) is 7.87. The molecule has 140 valence electrons. The fourth-order valence-corrected chi connectivity index (χ4v) is 3.49. The third-order valence-corrected chi connectivity index (χ3v) is 4.75. The van der Waals surface area contributed by atoms with Crippen molar-refractivity contribution < 1.29 is 9.53 Å². The van der Waals surface area contributed by atoms with Gasteiger partial charge in [0.25, 0.3) is 0 Å². The molecule has 1 heterocycles. The van der Waals surface area contributed by atoms with Crippen LogP contribution in [0.4, 0.5) is 0 Å². The molecule has 0 aliphatic heterocycles. The topological polar surface area (TPSA) is 44.1 Å². The average Bonchev–Trinajstić information content (AvgIpc) is 3.10. The number of esters is 1. The summed E-state index contributed by atoms with van der Waals surface area (Å²) in [5, 5.41) is 6.44. The largest absolute Gasteiger partial charge is 0.462 e. The molecule has 0 saturated heterocycles. The standard InChI is InChI=1S/C23H19ClN2O2/c1-2-28-23(27)18-8-4-7-17(13-18)20-10-5-11-22-21(20)15-26(25-22)14-16-6-3-9-19(24)12-16/h3-13,15H,2,14H2,1H3. The van der Waals surface area contributed by atoms with Gasteiger partial charge in [0.05, 0.1) is 24.2 Å². The first-order valence-electron chi connectivity index (χ1n) is 9.12. The highest BCUT2D eigenvalue weighted by molar-refractivity contribution is 6.30. The van der Waals surface area contributed by atoms with Crippen LogP contribution >= 0.6 is 11.6 Å². The molecule has 0 bridgehead atoms. The molecular formula is C23H19ClN2O2. The molecule has 0 unspecified atom stereocenters. The molecule has 0 saturated carbocycles. The minimum Gasteiger partial charge on any atom is -0.462 e. The number of aromatic nitrogens is 2. The Balaban J connectivity index is 1.72. The van der Waals surface area contributed by atoms with E-state index in [1.807, 2.05) is 71.5 Å². The van der Waals surface area contributed by atoms with Crippen LogP contribution in [0.15, 0.2) is 72.9 Å². The van der Waals surface area contributed by atoms with E-state index >= 15 is 0 Å². The maximum absolute atomic E-state index is 12.1. The van der Waals surface area contributed by atoms with E-state index in [0.29, 0.717) is 23.7 Å². The normalized spacial score (nSPS) is 10.9. The summed E-state index contributed by atoms with van der Waals surface area (Å²) >= 11 is 6.09. The Morgan fingerprint density at radius 1 is 1.07 bits per heavy atom. The zero-order chi connectivity index (χ0) is 19.5.